The zero-order valence-electron chi connectivity index (χ0n) is 17.1. The quantitative estimate of drug-likeness (QED) is 0.750. The lowest BCUT2D eigenvalue weighted by Gasteiger charge is -2.36. The monoisotopic (exact) mass is 374 g/mol. The molecule has 0 aromatic heterocycles. The summed E-state index contributed by atoms with van der Waals surface area (Å²) in [5, 5.41) is 2.93. The molecule has 0 atom stereocenters. The van der Waals surface area contributed by atoms with Gasteiger partial charge in [-0.05, 0) is 33.3 Å². The van der Waals surface area contributed by atoms with Gasteiger partial charge in [0.1, 0.15) is 0 Å². The third-order valence-corrected chi connectivity index (χ3v) is 4.78. The van der Waals surface area contributed by atoms with E-state index in [0.717, 1.165) is 31.7 Å². The summed E-state index contributed by atoms with van der Waals surface area (Å²) in [5.74, 6) is 0.239. The van der Waals surface area contributed by atoms with Crippen molar-refractivity contribution in [2.45, 2.75) is 46.3 Å². The Kier molecular flexibility index (Phi) is 8.25. The van der Waals surface area contributed by atoms with Gasteiger partial charge in [-0.15, -0.1) is 0 Å². The summed E-state index contributed by atoms with van der Waals surface area (Å²) in [7, 11) is 0. The third-order valence-electron chi connectivity index (χ3n) is 4.78. The molecular weight excluding hydrogens is 340 g/mol. The van der Waals surface area contributed by atoms with E-state index in [1.165, 1.54) is 0 Å². The van der Waals surface area contributed by atoms with E-state index in [9.17, 15) is 9.59 Å². The van der Waals surface area contributed by atoms with Gasteiger partial charge in [0.25, 0.3) is 0 Å². The summed E-state index contributed by atoms with van der Waals surface area (Å²) in [5.41, 5.74) is 1.15. The van der Waals surface area contributed by atoms with E-state index in [0.29, 0.717) is 19.6 Å². The number of carbonyl (C=O) groups is 2. The molecule has 2 amide bonds. The van der Waals surface area contributed by atoms with E-state index < -0.39 is 0 Å². The average molecular weight is 375 g/mol. The molecule has 0 unspecified atom stereocenters. The van der Waals surface area contributed by atoms with Crippen LogP contribution in [0.25, 0.3) is 0 Å². The lowest BCUT2D eigenvalue weighted by molar-refractivity contribution is -0.135. The maximum atomic E-state index is 12.8. The molecular formula is C21H34N4O2. The van der Waals surface area contributed by atoms with Gasteiger partial charge < -0.3 is 10.2 Å². The first-order valence-electron chi connectivity index (χ1n) is 9.92. The highest BCUT2D eigenvalue weighted by Crippen LogP contribution is 2.10. The summed E-state index contributed by atoms with van der Waals surface area (Å²) < 4.78 is 0. The molecule has 150 valence electrons. The Morgan fingerprint density at radius 2 is 1.52 bits per heavy atom. The van der Waals surface area contributed by atoms with Crippen LogP contribution in [-0.4, -0.2) is 77.9 Å². The molecule has 6 heteroatoms. The van der Waals surface area contributed by atoms with Crippen molar-refractivity contribution in [3.8, 4) is 0 Å². The van der Waals surface area contributed by atoms with E-state index in [1.807, 2.05) is 36.9 Å². The second kappa shape index (κ2) is 10.4. The smallest absolute Gasteiger partial charge is 0.237 e. The lowest BCUT2D eigenvalue weighted by atomic mass is 10.2. The van der Waals surface area contributed by atoms with Gasteiger partial charge >= 0.3 is 0 Å². The number of nitrogens with one attached hydrogen (secondary N) is 1. The molecule has 0 bridgehead atoms. The molecule has 1 aromatic rings. The van der Waals surface area contributed by atoms with Crippen LogP contribution in [0, 0.1) is 0 Å². The van der Waals surface area contributed by atoms with Crippen molar-refractivity contribution in [1.82, 2.24) is 20.0 Å². The SMILES string of the molecule is CC(C)NC(=O)CN1CCN(CC(=O)N(Cc2ccccc2)C(C)C)CC1. The number of benzene rings is 1. The second-order valence-corrected chi connectivity index (χ2v) is 7.88. The Morgan fingerprint density at radius 3 is 2.04 bits per heavy atom. The number of nitrogens with zero attached hydrogens (tertiary/aromatic N) is 3. The minimum Gasteiger partial charge on any atom is -0.353 e. The average Bonchev–Trinajstić information content (AvgIpc) is 2.61. The Bertz CT molecular complexity index is 595. The summed E-state index contributed by atoms with van der Waals surface area (Å²) >= 11 is 0. The maximum Gasteiger partial charge on any atom is 0.237 e. The van der Waals surface area contributed by atoms with Crippen molar-refractivity contribution >= 4 is 11.8 Å². The highest BCUT2D eigenvalue weighted by Gasteiger charge is 2.24. The van der Waals surface area contributed by atoms with Gasteiger partial charge in [-0.3, -0.25) is 19.4 Å². The predicted octanol–water partition coefficient (Wildman–Crippen LogP) is 1.57. The van der Waals surface area contributed by atoms with Crippen molar-refractivity contribution in [3.05, 3.63) is 35.9 Å². The van der Waals surface area contributed by atoms with E-state index in [-0.39, 0.29) is 23.9 Å². The molecule has 0 saturated carbocycles. The first-order chi connectivity index (χ1) is 12.8. The zero-order chi connectivity index (χ0) is 19.8. The summed E-state index contributed by atoms with van der Waals surface area (Å²) in [6, 6.07) is 10.5. The first-order valence-corrected chi connectivity index (χ1v) is 9.92. The molecule has 1 aliphatic heterocycles. The third kappa shape index (κ3) is 7.31. The van der Waals surface area contributed by atoms with Crippen LogP contribution in [0.1, 0.15) is 33.3 Å². The minimum absolute atomic E-state index is 0.0726. The van der Waals surface area contributed by atoms with Crippen LogP contribution < -0.4 is 5.32 Å². The van der Waals surface area contributed by atoms with Crippen LogP contribution in [0.2, 0.25) is 0 Å². The van der Waals surface area contributed by atoms with Crippen molar-refractivity contribution in [2.24, 2.45) is 0 Å². The molecule has 0 spiro atoms. The van der Waals surface area contributed by atoms with Gasteiger partial charge in [-0.25, -0.2) is 0 Å². The topological polar surface area (TPSA) is 55.9 Å². The highest BCUT2D eigenvalue weighted by atomic mass is 16.2. The van der Waals surface area contributed by atoms with Crippen LogP contribution in [0.3, 0.4) is 0 Å². The van der Waals surface area contributed by atoms with Crippen molar-refractivity contribution in [1.29, 1.82) is 0 Å². The number of amides is 2. The highest BCUT2D eigenvalue weighted by molar-refractivity contribution is 5.79. The normalized spacial score (nSPS) is 15.9. The van der Waals surface area contributed by atoms with Gasteiger partial charge in [-0.1, -0.05) is 30.3 Å². The molecule has 1 N–H and O–H groups in total. The molecule has 1 aromatic carbocycles. The molecule has 0 radical (unpaired) electrons. The lowest BCUT2D eigenvalue weighted by Crippen LogP contribution is -2.52. The van der Waals surface area contributed by atoms with E-state index in [1.54, 1.807) is 0 Å². The standard InChI is InChI=1S/C21H34N4O2/c1-17(2)22-20(26)15-23-10-12-24(13-11-23)16-21(27)25(18(3)4)14-19-8-6-5-7-9-19/h5-9,17-18H,10-16H2,1-4H3,(H,22,26). The predicted molar refractivity (Wildman–Crippen MR) is 108 cm³/mol. The second-order valence-electron chi connectivity index (χ2n) is 7.88. The molecule has 2 rings (SSSR count). The molecule has 1 fully saturated rings. The van der Waals surface area contributed by atoms with Crippen molar-refractivity contribution in [3.63, 3.8) is 0 Å². The molecule has 1 saturated heterocycles. The van der Waals surface area contributed by atoms with Crippen LogP contribution in [-0.2, 0) is 16.1 Å². The zero-order valence-corrected chi connectivity index (χ0v) is 17.1. The summed E-state index contributed by atoms with van der Waals surface area (Å²) in [4.78, 5) is 31.0. The Balaban J connectivity index is 1.80. The van der Waals surface area contributed by atoms with Crippen LogP contribution >= 0.6 is 0 Å². The van der Waals surface area contributed by atoms with Crippen molar-refractivity contribution < 1.29 is 9.59 Å². The number of piperazine rings is 1. The van der Waals surface area contributed by atoms with Gasteiger partial charge in [0.05, 0.1) is 13.1 Å². The summed E-state index contributed by atoms with van der Waals surface area (Å²) in [6.45, 7) is 12.9. The fourth-order valence-corrected chi connectivity index (χ4v) is 3.30. The largest absolute Gasteiger partial charge is 0.353 e. The molecule has 6 nitrogen and oxygen atoms in total. The number of hydrogen-bond donors (Lipinski definition) is 1. The van der Waals surface area contributed by atoms with Gasteiger partial charge in [0.15, 0.2) is 0 Å². The van der Waals surface area contributed by atoms with Crippen LogP contribution in [0.5, 0.6) is 0 Å². The fourth-order valence-electron chi connectivity index (χ4n) is 3.30. The minimum atomic E-state index is 0.0726. The number of rotatable bonds is 8. The van der Waals surface area contributed by atoms with Gasteiger partial charge in [-0.2, -0.15) is 0 Å². The van der Waals surface area contributed by atoms with E-state index >= 15 is 0 Å². The Morgan fingerprint density at radius 1 is 0.963 bits per heavy atom. The number of carbonyl (C=O) groups excluding carboxylic acids is 2. The first kappa shape index (κ1) is 21.4. The molecule has 1 heterocycles. The molecule has 1 aliphatic rings. The Labute approximate surface area is 163 Å². The van der Waals surface area contributed by atoms with Crippen LogP contribution in [0.15, 0.2) is 30.3 Å². The fraction of sp³-hybridized carbons (Fsp3) is 0.619. The molecule has 27 heavy (non-hydrogen) atoms. The maximum absolute atomic E-state index is 12.8. The number of hydrogen-bond acceptors (Lipinski definition) is 4. The van der Waals surface area contributed by atoms with Crippen molar-refractivity contribution in [2.75, 3.05) is 39.3 Å². The van der Waals surface area contributed by atoms with Crippen LogP contribution in [0.4, 0.5) is 0 Å². The van der Waals surface area contributed by atoms with Gasteiger partial charge in [0, 0.05) is 44.8 Å². The Hall–Kier alpha value is -1.92. The molecule has 0 aliphatic carbocycles. The summed E-state index contributed by atoms with van der Waals surface area (Å²) in [6.07, 6.45) is 0. The van der Waals surface area contributed by atoms with Gasteiger partial charge in [0.2, 0.25) is 11.8 Å². The van der Waals surface area contributed by atoms with E-state index in [2.05, 4.69) is 41.1 Å². The van der Waals surface area contributed by atoms with E-state index in [4.69, 9.17) is 0 Å².